The monoisotopic (exact) mass is 349 g/mol. The Labute approximate surface area is 129 Å². The number of ether oxygens (including phenoxy) is 1. The van der Waals surface area contributed by atoms with Gasteiger partial charge in [0, 0.05) is 17.2 Å². The molecule has 0 unspecified atom stereocenters. The molecule has 0 fully saturated rings. The fraction of sp³-hybridized carbons (Fsp3) is 0.0714. The quantitative estimate of drug-likeness (QED) is 0.374. The number of nitrogens with zero attached hydrogens (tertiary/aromatic N) is 1. The van der Waals surface area contributed by atoms with Crippen molar-refractivity contribution in [2.24, 2.45) is 5.73 Å². The van der Waals surface area contributed by atoms with Crippen molar-refractivity contribution < 1.29 is 9.66 Å². The first-order valence-electron chi connectivity index (χ1n) is 5.98. The number of hydrogen-bond acceptors (Lipinski definition) is 4. The fourth-order valence-electron chi connectivity index (χ4n) is 1.84. The Morgan fingerprint density at radius 2 is 2.00 bits per heavy atom. The maximum atomic E-state index is 11.0. The number of nitro groups is 1. The lowest BCUT2D eigenvalue weighted by Gasteiger charge is -2.11. The van der Waals surface area contributed by atoms with Gasteiger partial charge < -0.3 is 10.5 Å². The Balaban J connectivity index is 2.29. The summed E-state index contributed by atoms with van der Waals surface area (Å²) >= 11 is 3.24. The Bertz CT molecular complexity index is 704. The Morgan fingerprint density at radius 1 is 1.29 bits per heavy atom. The number of para-hydroxylation sites is 1. The molecule has 2 rings (SSSR count). The molecule has 108 valence electrons. The van der Waals surface area contributed by atoms with Gasteiger partial charge in [-0.1, -0.05) is 30.3 Å². The van der Waals surface area contributed by atoms with E-state index in [4.69, 9.17) is 15.9 Å². The summed E-state index contributed by atoms with van der Waals surface area (Å²) < 4.78 is 6.06. The zero-order valence-corrected chi connectivity index (χ0v) is 12.5. The van der Waals surface area contributed by atoms with Gasteiger partial charge in [0.1, 0.15) is 12.4 Å². The minimum atomic E-state index is -0.503. The topological polar surface area (TPSA) is 102 Å². The lowest BCUT2D eigenvalue weighted by molar-refractivity contribution is -0.386. The number of amidine groups is 1. The number of benzene rings is 2. The van der Waals surface area contributed by atoms with E-state index in [1.807, 2.05) is 0 Å². The highest BCUT2D eigenvalue weighted by Gasteiger charge is 2.18. The number of halogens is 1. The smallest absolute Gasteiger partial charge is 0.312 e. The standard InChI is InChI=1S/C14H12BrN3O3/c15-11-6-3-7-12(18(19)20)13(11)21-8-9-4-1-2-5-10(9)14(16)17/h1-7H,8H2,(H3,16,17). The third-order valence-electron chi connectivity index (χ3n) is 2.82. The lowest BCUT2D eigenvalue weighted by atomic mass is 10.1. The average molecular weight is 350 g/mol. The summed E-state index contributed by atoms with van der Waals surface area (Å²) in [7, 11) is 0. The van der Waals surface area contributed by atoms with E-state index in [-0.39, 0.29) is 23.9 Å². The SMILES string of the molecule is N=C(N)c1ccccc1COc1c(Br)cccc1[N+](=O)[O-]. The molecule has 0 aromatic heterocycles. The van der Waals surface area contributed by atoms with Crippen LogP contribution < -0.4 is 10.5 Å². The number of nitro benzene ring substituents is 1. The van der Waals surface area contributed by atoms with Crippen LogP contribution in [0.15, 0.2) is 46.9 Å². The first-order chi connectivity index (χ1) is 10.0. The van der Waals surface area contributed by atoms with Gasteiger partial charge in [-0.05, 0) is 22.0 Å². The number of nitrogens with two attached hydrogens (primary N) is 1. The largest absolute Gasteiger partial charge is 0.481 e. The summed E-state index contributed by atoms with van der Waals surface area (Å²) in [6.45, 7) is 0.0825. The molecule has 0 aliphatic heterocycles. The fourth-order valence-corrected chi connectivity index (χ4v) is 2.31. The van der Waals surface area contributed by atoms with E-state index in [1.54, 1.807) is 36.4 Å². The summed E-state index contributed by atoms with van der Waals surface area (Å²) in [5.74, 6) is 0.0803. The molecule has 0 bridgehead atoms. The van der Waals surface area contributed by atoms with Crippen LogP contribution in [0, 0.1) is 15.5 Å². The number of rotatable bonds is 5. The Kier molecular flexibility index (Phi) is 4.54. The molecule has 0 atom stereocenters. The highest BCUT2D eigenvalue weighted by atomic mass is 79.9. The number of nitrogen functional groups attached to an aromatic ring is 1. The van der Waals surface area contributed by atoms with Gasteiger partial charge >= 0.3 is 5.69 Å². The second kappa shape index (κ2) is 6.36. The van der Waals surface area contributed by atoms with E-state index in [0.717, 1.165) is 0 Å². The molecular formula is C14H12BrN3O3. The van der Waals surface area contributed by atoms with Crippen LogP contribution >= 0.6 is 15.9 Å². The molecule has 0 radical (unpaired) electrons. The van der Waals surface area contributed by atoms with Crippen LogP contribution in [-0.4, -0.2) is 10.8 Å². The van der Waals surface area contributed by atoms with Gasteiger partial charge in [0.15, 0.2) is 0 Å². The van der Waals surface area contributed by atoms with Crippen molar-refractivity contribution >= 4 is 27.5 Å². The lowest BCUT2D eigenvalue weighted by Crippen LogP contribution is -2.14. The molecule has 0 heterocycles. The summed E-state index contributed by atoms with van der Waals surface area (Å²) in [6.07, 6.45) is 0. The van der Waals surface area contributed by atoms with Gasteiger partial charge in [-0.25, -0.2) is 0 Å². The normalized spacial score (nSPS) is 10.1. The van der Waals surface area contributed by atoms with Gasteiger partial charge in [-0.3, -0.25) is 15.5 Å². The third-order valence-corrected chi connectivity index (χ3v) is 3.45. The van der Waals surface area contributed by atoms with Gasteiger partial charge in [-0.2, -0.15) is 0 Å². The Morgan fingerprint density at radius 3 is 2.67 bits per heavy atom. The molecule has 0 aliphatic carbocycles. The van der Waals surface area contributed by atoms with Crippen LogP contribution in [0.25, 0.3) is 0 Å². The summed E-state index contributed by atoms with van der Waals surface area (Å²) in [5, 5.41) is 18.5. The molecule has 7 heteroatoms. The zero-order valence-electron chi connectivity index (χ0n) is 10.9. The minimum absolute atomic E-state index is 0.0733. The van der Waals surface area contributed by atoms with E-state index in [9.17, 15) is 10.1 Å². The van der Waals surface area contributed by atoms with E-state index >= 15 is 0 Å². The van der Waals surface area contributed by atoms with E-state index in [0.29, 0.717) is 15.6 Å². The van der Waals surface area contributed by atoms with Gasteiger partial charge in [0.2, 0.25) is 5.75 Å². The average Bonchev–Trinajstić information content (AvgIpc) is 2.45. The van der Waals surface area contributed by atoms with Crippen molar-refractivity contribution in [1.29, 1.82) is 5.41 Å². The molecule has 6 nitrogen and oxygen atoms in total. The third kappa shape index (κ3) is 3.38. The second-order valence-corrected chi connectivity index (χ2v) is 5.06. The van der Waals surface area contributed by atoms with Crippen LogP contribution in [0.3, 0.4) is 0 Å². The molecule has 2 aromatic carbocycles. The van der Waals surface area contributed by atoms with Gasteiger partial charge in [-0.15, -0.1) is 0 Å². The van der Waals surface area contributed by atoms with Crippen LogP contribution in [-0.2, 0) is 6.61 Å². The molecule has 2 aromatic rings. The zero-order chi connectivity index (χ0) is 15.4. The van der Waals surface area contributed by atoms with Crippen molar-refractivity contribution in [2.75, 3.05) is 0 Å². The van der Waals surface area contributed by atoms with Crippen LogP contribution in [0.5, 0.6) is 5.75 Å². The highest BCUT2D eigenvalue weighted by molar-refractivity contribution is 9.10. The molecule has 0 spiro atoms. The summed E-state index contributed by atoms with van der Waals surface area (Å²) in [4.78, 5) is 10.5. The first kappa shape index (κ1) is 15.0. The van der Waals surface area contributed by atoms with Gasteiger partial charge in [0.25, 0.3) is 0 Å². The van der Waals surface area contributed by atoms with Crippen molar-refractivity contribution in [3.63, 3.8) is 0 Å². The predicted octanol–water partition coefficient (Wildman–Crippen LogP) is 3.22. The predicted molar refractivity (Wildman–Crippen MR) is 82.6 cm³/mol. The number of hydrogen-bond donors (Lipinski definition) is 2. The van der Waals surface area contributed by atoms with Crippen LogP contribution in [0.2, 0.25) is 0 Å². The van der Waals surface area contributed by atoms with E-state index < -0.39 is 4.92 Å². The summed E-state index contributed by atoms with van der Waals surface area (Å²) in [6, 6.07) is 11.6. The number of nitrogens with one attached hydrogen (secondary N) is 1. The summed E-state index contributed by atoms with van der Waals surface area (Å²) in [5.41, 5.74) is 6.62. The molecular weight excluding hydrogens is 338 g/mol. The molecule has 0 saturated carbocycles. The molecule has 0 saturated heterocycles. The maximum Gasteiger partial charge on any atom is 0.312 e. The van der Waals surface area contributed by atoms with Crippen molar-refractivity contribution in [3.8, 4) is 5.75 Å². The second-order valence-electron chi connectivity index (χ2n) is 4.20. The molecule has 0 amide bonds. The minimum Gasteiger partial charge on any atom is -0.481 e. The van der Waals surface area contributed by atoms with Crippen molar-refractivity contribution in [2.45, 2.75) is 6.61 Å². The van der Waals surface area contributed by atoms with Crippen molar-refractivity contribution in [1.82, 2.24) is 0 Å². The van der Waals surface area contributed by atoms with E-state index in [1.165, 1.54) is 6.07 Å². The maximum absolute atomic E-state index is 11.0. The van der Waals surface area contributed by atoms with Crippen LogP contribution in [0.4, 0.5) is 5.69 Å². The first-order valence-corrected chi connectivity index (χ1v) is 6.78. The van der Waals surface area contributed by atoms with E-state index in [2.05, 4.69) is 15.9 Å². The van der Waals surface area contributed by atoms with Crippen LogP contribution in [0.1, 0.15) is 11.1 Å². The van der Waals surface area contributed by atoms with Crippen molar-refractivity contribution in [3.05, 3.63) is 68.2 Å². The molecule has 3 N–H and O–H groups in total. The molecule has 21 heavy (non-hydrogen) atoms. The highest BCUT2D eigenvalue weighted by Crippen LogP contribution is 2.35. The molecule has 0 aliphatic rings. The van der Waals surface area contributed by atoms with Gasteiger partial charge in [0.05, 0.1) is 9.40 Å². The Hall–Kier alpha value is -2.41.